The van der Waals surface area contributed by atoms with Crippen molar-refractivity contribution < 1.29 is 9.84 Å². The predicted octanol–water partition coefficient (Wildman–Crippen LogP) is 4.70. The molecule has 2 atom stereocenters. The van der Waals surface area contributed by atoms with E-state index in [0.29, 0.717) is 6.61 Å². The van der Waals surface area contributed by atoms with Gasteiger partial charge in [0.25, 0.3) is 0 Å². The summed E-state index contributed by atoms with van der Waals surface area (Å²) in [6, 6.07) is 18.0. The van der Waals surface area contributed by atoms with Gasteiger partial charge in [0.05, 0.1) is 12.7 Å². The van der Waals surface area contributed by atoms with Crippen molar-refractivity contribution >= 4 is 0 Å². The first kappa shape index (κ1) is 15.6. The summed E-state index contributed by atoms with van der Waals surface area (Å²) in [7, 11) is 0. The van der Waals surface area contributed by atoms with E-state index in [1.807, 2.05) is 42.5 Å². The molecule has 21 heavy (non-hydrogen) atoms. The third kappa shape index (κ3) is 3.85. The molecule has 0 saturated heterocycles. The van der Waals surface area contributed by atoms with E-state index in [4.69, 9.17) is 4.74 Å². The van der Waals surface area contributed by atoms with Gasteiger partial charge < -0.3 is 9.84 Å². The third-order valence-electron chi connectivity index (χ3n) is 3.75. The fraction of sp³-hybridized carbons (Fsp3) is 0.368. The predicted molar refractivity (Wildman–Crippen MR) is 86.7 cm³/mol. The Labute approximate surface area is 127 Å². The summed E-state index contributed by atoms with van der Waals surface area (Å²) in [6.07, 6.45) is 1.29. The van der Waals surface area contributed by atoms with Crippen molar-refractivity contribution in [1.29, 1.82) is 0 Å². The molecule has 112 valence electrons. The van der Waals surface area contributed by atoms with E-state index < -0.39 is 6.10 Å². The number of rotatable bonds is 7. The van der Waals surface area contributed by atoms with Crippen molar-refractivity contribution in [1.82, 2.24) is 0 Å². The lowest BCUT2D eigenvalue weighted by atomic mass is 9.87. The number of benzene rings is 2. The number of para-hydroxylation sites is 1. The van der Waals surface area contributed by atoms with Gasteiger partial charge in [-0.3, -0.25) is 0 Å². The van der Waals surface area contributed by atoms with Gasteiger partial charge in [0.15, 0.2) is 0 Å². The minimum atomic E-state index is -0.551. The second kappa shape index (κ2) is 7.84. The smallest absolute Gasteiger partial charge is 0.125 e. The quantitative estimate of drug-likeness (QED) is 0.798. The van der Waals surface area contributed by atoms with Gasteiger partial charge >= 0.3 is 0 Å². The van der Waals surface area contributed by atoms with Crippen LogP contribution < -0.4 is 4.74 Å². The molecule has 0 aromatic heterocycles. The highest BCUT2D eigenvalue weighted by Gasteiger charge is 2.23. The lowest BCUT2D eigenvalue weighted by molar-refractivity contribution is 0.137. The Hall–Kier alpha value is -1.80. The van der Waals surface area contributed by atoms with Crippen LogP contribution in [-0.4, -0.2) is 11.7 Å². The van der Waals surface area contributed by atoms with E-state index in [1.54, 1.807) is 0 Å². The summed E-state index contributed by atoms with van der Waals surface area (Å²) in [4.78, 5) is 0. The van der Waals surface area contributed by atoms with Crippen LogP contribution in [0.3, 0.4) is 0 Å². The maximum absolute atomic E-state index is 10.8. The molecule has 0 aliphatic rings. The molecule has 0 spiro atoms. The zero-order valence-corrected chi connectivity index (χ0v) is 12.8. The molecule has 2 aromatic carbocycles. The molecule has 2 nitrogen and oxygen atoms in total. The lowest BCUT2D eigenvalue weighted by Crippen LogP contribution is -2.12. The molecular formula is C19H24O2. The molecular weight excluding hydrogens is 260 g/mol. The van der Waals surface area contributed by atoms with E-state index in [2.05, 4.69) is 26.0 Å². The van der Waals surface area contributed by atoms with Crippen LogP contribution in [0, 0.1) is 0 Å². The second-order valence-corrected chi connectivity index (χ2v) is 5.26. The monoisotopic (exact) mass is 284 g/mol. The molecule has 0 radical (unpaired) electrons. The zero-order valence-electron chi connectivity index (χ0n) is 12.8. The normalized spacial score (nSPS) is 13.7. The van der Waals surface area contributed by atoms with Gasteiger partial charge in [0.1, 0.15) is 5.75 Å². The molecule has 2 aromatic rings. The topological polar surface area (TPSA) is 29.5 Å². The highest BCUT2D eigenvalue weighted by Crippen LogP contribution is 2.37. The van der Waals surface area contributed by atoms with Crippen LogP contribution in [0.15, 0.2) is 54.6 Å². The van der Waals surface area contributed by atoms with Gasteiger partial charge in [-0.05, 0) is 24.5 Å². The maximum atomic E-state index is 10.8. The first-order chi connectivity index (χ1) is 10.3. The Morgan fingerprint density at radius 1 is 0.952 bits per heavy atom. The Morgan fingerprint density at radius 2 is 1.62 bits per heavy atom. The third-order valence-corrected chi connectivity index (χ3v) is 3.75. The largest absolute Gasteiger partial charge is 0.493 e. The average molecular weight is 284 g/mol. The lowest BCUT2D eigenvalue weighted by Gasteiger charge is -2.24. The summed E-state index contributed by atoms with van der Waals surface area (Å²) in [5, 5.41) is 10.8. The van der Waals surface area contributed by atoms with Crippen molar-refractivity contribution in [3.05, 3.63) is 65.7 Å². The first-order valence-electron chi connectivity index (χ1n) is 7.72. The fourth-order valence-electron chi connectivity index (χ4n) is 2.63. The van der Waals surface area contributed by atoms with Crippen LogP contribution in [-0.2, 0) is 0 Å². The number of aliphatic hydroxyl groups is 1. The molecule has 0 aliphatic heterocycles. The average Bonchev–Trinajstić information content (AvgIpc) is 2.55. The Morgan fingerprint density at radius 3 is 2.29 bits per heavy atom. The number of ether oxygens (including phenoxy) is 1. The minimum Gasteiger partial charge on any atom is -0.493 e. The van der Waals surface area contributed by atoms with E-state index in [-0.39, 0.29) is 5.92 Å². The molecule has 2 rings (SSSR count). The van der Waals surface area contributed by atoms with Gasteiger partial charge in [-0.1, -0.05) is 62.4 Å². The zero-order chi connectivity index (χ0) is 15.1. The molecule has 0 bridgehead atoms. The van der Waals surface area contributed by atoms with Crippen molar-refractivity contribution in [2.24, 2.45) is 0 Å². The van der Waals surface area contributed by atoms with Gasteiger partial charge in [-0.15, -0.1) is 0 Å². The first-order valence-corrected chi connectivity index (χ1v) is 7.72. The van der Waals surface area contributed by atoms with Crippen molar-refractivity contribution in [3.8, 4) is 5.75 Å². The number of hydrogen-bond donors (Lipinski definition) is 1. The Bertz CT molecular complexity index is 536. The summed E-state index contributed by atoms with van der Waals surface area (Å²) < 4.78 is 5.78. The van der Waals surface area contributed by atoms with E-state index in [9.17, 15) is 5.11 Å². The van der Waals surface area contributed by atoms with Crippen LogP contribution in [0.25, 0.3) is 0 Å². The summed E-state index contributed by atoms with van der Waals surface area (Å²) in [5.74, 6) is 0.874. The second-order valence-electron chi connectivity index (χ2n) is 5.26. The number of aliphatic hydroxyl groups excluding tert-OH is 1. The molecule has 0 aliphatic carbocycles. The SMILES string of the molecule is CCCOc1ccccc1C(O)C(CC)c1ccccc1. The molecule has 2 heteroatoms. The molecule has 0 amide bonds. The van der Waals surface area contributed by atoms with Crippen LogP contribution in [0.5, 0.6) is 5.75 Å². The van der Waals surface area contributed by atoms with Gasteiger partial charge in [-0.25, -0.2) is 0 Å². The summed E-state index contributed by atoms with van der Waals surface area (Å²) in [5.41, 5.74) is 2.04. The Kier molecular flexibility index (Phi) is 5.82. The molecule has 0 heterocycles. The van der Waals surface area contributed by atoms with Gasteiger partial charge in [0, 0.05) is 11.5 Å². The number of hydrogen-bond acceptors (Lipinski definition) is 2. The van der Waals surface area contributed by atoms with E-state index in [0.717, 1.165) is 29.7 Å². The van der Waals surface area contributed by atoms with Crippen molar-refractivity contribution in [2.75, 3.05) is 6.61 Å². The van der Waals surface area contributed by atoms with E-state index in [1.165, 1.54) is 0 Å². The van der Waals surface area contributed by atoms with Gasteiger partial charge in [-0.2, -0.15) is 0 Å². The standard InChI is InChI=1S/C19H24O2/c1-3-14-21-18-13-9-8-12-17(18)19(20)16(4-2)15-10-6-5-7-11-15/h5-13,16,19-20H,3-4,14H2,1-2H3. The summed E-state index contributed by atoms with van der Waals surface area (Å²) in [6.45, 7) is 4.86. The minimum absolute atomic E-state index is 0.0811. The highest BCUT2D eigenvalue weighted by molar-refractivity contribution is 5.37. The fourth-order valence-corrected chi connectivity index (χ4v) is 2.63. The van der Waals surface area contributed by atoms with Gasteiger partial charge in [0.2, 0.25) is 0 Å². The van der Waals surface area contributed by atoms with E-state index >= 15 is 0 Å². The van der Waals surface area contributed by atoms with Crippen LogP contribution >= 0.6 is 0 Å². The van der Waals surface area contributed by atoms with Crippen molar-refractivity contribution in [2.45, 2.75) is 38.7 Å². The molecule has 0 saturated carbocycles. The highest BCUT2D eigenvalue weighted by atomic mass is 16.5. The maximum Gasteiger partial charge on any atom is 0.125 e. The molecule has 1 N–H and O–H groups in total. The van der Waals surface area contributed by atoms with Crippen LogP contribution in [0.1, 0.15) is 49.8 Å². The molecule has 2 unspecified atom stereocenters. The summed E-state index contributed by atoms with van der Waals surface area (Å²) >= 11 is 0. The molecule has 0 fully saturated rings. The van der Waals surface area contributed by atoms with Crippen LogP contribution in [0.4, 0.5) is 0 Å². The van der Waals surface area contributed by atoms with Crippen molar-refractivity contribution in [3.63, 3.8) is 0 Å². The Balaban J connectivity index is 2.27. The van der Waals surface area contributed by atoms with Crippen LogP contribution in [0.2, 0.25) is 0 Å².